The molecule has 3 rings (SSSR count). The number of hydrogen-bond acceptors (Lipinski definition) is 3. The Morgan fingerprint density at radius 1 is 1.11 bits per heavy atom. The van der Waals surface area contributed by atoms with Gasteiger partial charge in [-0.15, -0.1) is 0 Å². The van der Waals surface area contributed by atoms with Crippen molar-refractivity contribution in [1.82, 2.24) is 19.9 Å². The highest BCUT2D eigenvalue weighted by Gasteiger charge is 2.17. The Morgan fingerprint density at radius 3 is 2.46 bits per heavy atom. The van der Waals surface area contributed by atoms with E-state index in [1.807, 2.05) is 35.4 Å². The summed E-state index contributed by atoms with van der Waals surface area (Å²) in [5.41, 5.74) is 8.96. The van der Waals surface area contributed by atoms with Gasteiger partial charge >= 0.3 is 0 Å². The number of pyridine rings is 1. The summed E-state index contributed by atoms with van der Waals surface area (Å²) < 4.78 is 13.4. The lowest BCUT2D eigenvalue weighted by atomic mass is 9.89. The van der Waals surface area contributed by atoms with Crippen LogP contribution in [0.5, 0.6) is 0 Å². The van der Waals surface area contributed by atoms with Crippen molar-refractivity contribution in [1.29, 1.82) is 5.41 Å². The first-order valence-corrected chi connectivity index (χ1v) is 9.35. The van der Waals surface area contributed by atoms with Gasteiger partial charge in [-0.3, -0.25) is 10.4 Å². The Morgan fingerprint density at radius 2 is 1.82 bits per heavy atom. The van der Waals surface area contributed by atoms with Gasteiger partial charge in [-0.1, -0.05) is 12.1 Å². The Kier molecular flexibility index (Phi) is 6.73. The van der Waals surface area contributed by atoms with Crippen molar-refractivity contribution >= 4 is 5.96 Å². The van der Waals surface area contributed by atoms with Gasteiger partial charge in [-0.25, -0.2) is 9.37 Å². The third-order valence-corrected chi connectivity index (χ3v) is 4.83. The number of halogens is 1. The molecule has 0 aliphatic rings. The summed E-state index contributed by atoms with van der Waals surface area (Å²) in [6, 6.07) is 10.5. The minimum Gasteiger partial charge on any atom is -0.370 e. The maximum absolute atomic E-state index is 13.4. The number of aromatic amines is 1. The van der Waals surface area contributed by atoms with Gasteiger partial charge in [-0.2, -0.15) is 0 Å². The van der Waals surface area contributed by atoms with Gasteiger partial charge in [0.05, 0.1) is 12.0 Å². The average Bonchev–Trinajstić information content (AvgIpc) is 3.22. The van der Waals surface area contributed by atoms with E-state index >= 15 is 0 Å². The topological polar surface area (TPSA) is 94.7 Å². The smallest absolute Gasteiger partial charge is 0.188 e. The summed E-state index contributed by atoms with van der Waals surface area (Å²) in [5, 5.41) is 7.91. The molecular formula is C21H25FN6. The first kappa shape index (κ1) is 19.5. The third kappa shape index (κ3) is 5.39. The van der Waals surface area contributed by atoms with Crippen LogP contribution >= 0.6 is 0 Å². The number of nitrogens with zero attached hydrogens (tertiary/aromatic N) is 3. The lowest BCUT2D eigenvalue weighted by molar-refractivity contribution is 0.387. The van der Waals surface area contributed by atoms with Gasteiger partial charge < -0.3 is 15.6 Å². The number of imidazole rings is 1. The zero-order valence-electron chi connectivity index (χ0n) is 15.7. The van der Waals surface area contributed by atoms with E-state index in [1.54, 1.807) is 18.7 Å². The van der Waals surface area contributed by atoms with Crippen molar-refractivity contribution in [2.24, 2.45) is 5.73 Å². The van der Waals surface area contributed by atoms with Crippen LogP contribution in [-0.4, -0.2) is 38.9 Å². The van der Waals surface area contributed by atoms with Crippen LogP contribution in [0, 0.1) is 11.2 Å². The summed E-state index contributed by atoms with van der Waals surface area (Å²) in [4.78, 5) is 13.1. The fourth-order valence-corrected chi connectivity index (χ4v) is 3.33. The monoisotopic (exact) mass is 380 g/mol. The molecule has 28 heavy (non-hydrogen) atoms. The van der Waals surface area contributed by atoms with Crippen molar-refractivity contribution < 1.29 is 4.39 Å². The number of nitrogens with one attached hydrogen (secondary N) is 2. The zero-order chi connectivity index (χ0) is 19.8. The van der Waals surface area contributed by atoms with Gasteiger partial charge in [0, 0.05) is 37.6 Å². The molecule has 0 radical (unpaired) electrons. The molecule has 1 unspecified atom stereocenters. The fraction of sp³-hybridized carbons (Fsp3) is 0.286. The van der Waals surface area contributed by atoms with Crippen LogP contribution in [0.25, 0.3) is 0 Å². The molecule has 0 aliphatic carbocycles. The second-order valence-corrected chi connectivity index (χ2v) is 6.71. The molecule has 0 aliphatic heterocycles. The van der Waals surface area contributed by atoms with Crippen LogP contribution < -0.4 is 5.73 Å². The Bertz CT molecular complexity index is 848. The van der Waals surface area contributed by atoms with E-state index < -0.39 is 0 Å². The lowest BCUT2D eigenvalue weighted by Crippen LogP contribution is -2.38. The second-order valence-electron chi connectivity index (χ2n) is 6.71. The highest BCUT2D eigenvalue weighted by Crippen LogP contribution is 2.28. The van der Waals surface area contributed by atoms with Crippen molar-refractivity contribution in [3.05, 3.63) is 84.0 Å². The molecule has 6 nitrogen and oxygen atoms in total. The van der Waals surface area contributed by atoms with Crippen LogP contribution in [0.1, 0.15) is 35.6 Å². The molecule has 0 bridgehead atoms. The SMILES string of the molecule is N=C(N)N(CCCc1c[nH]cn1)CCC(c1ccncc1)c1ccc(F)cc1. The first-order valence-electron chi connectivity index (χ1n) is 9.35. The lowest BCUT2D eigenvalue weighted by Gasteiger charge is -2.26. The predicted octanol–water partition coefficient (Wildman–Crippen LogP) is 3.29. The maximum Gasteiger partial charge on any atom is 0.188 e. The number of hydrogen-bond donors (Lipinski definition) is 3. The van der Waals surface area contributed by atoms with Crippen molar-refractivity contribution in [2.45, 2.75) is 25.2 Å². The number of rotatable bonds is 9. The zero-order valence-corrected chi connectivity index (χ0v) is 15.7. The molecule has 1 atom stereocenters. The average molecular weight is 380 g/mol. The van der Waals surface area contributed by atoms with Gasteiger partial charge in [0.2, 0.25) is 0 Å². The minimum absolute atomic E-state index is 0.0645. The number of H-pyrrole nitrogens is 1. The molecule has 0 amide bonds. The highest BCUT2D eigenvalue weighted by atomic mass is 19.1. The number of nitrogens with two attached hydrogens (primary N) is 1. The van der Waals surface area contributed by atoms with E-state index in [-0.39, 0.29) is 17.7 Å². The Labute approximate surface area is 164 Å². The number of aromatic nitrogens is 3. The quantitative estimate of drug-likeness (QED) is 0.392. The number of benzene rings is 1. The van der Waals surface area contributed by atoms with Gasteiger partial charge in [0.15, 0.2) is 5.96 Å². The fourth-order valence-electron chi connectivity index (χ4n) is 3.33. The largest absolute Gasteiger partial charge is 0.370 e. The Hall–Kier alpha value is -3.22. The molecule has 2 aromatic heterocycles. The van der Waals surface area contributed by atoms with Crippen molar-refractivity contribution in [3.63, 3.8) is 0 Å². The molecule has 4 N–H and O–H groups in total. The number of guanidine groups is 1. The normalized spacial score (nSPS) is 11.9. The number of aryl methyl sites for hydroxylation is 1. The van der Waals surface area contributed by atoms with Crippen LogP contribution in [0.15, 0.2) is 61.3 Å². The molecule has 0 saturated carbocycles. The highest BCUT2D eigenvalue weighted by molar-refractivity contribution is 5.74. The molecule has 0 fully saturated rings. The molecule has 7 heteroatoms. The maximum atomic E-state index is 13.4. The molecule has 2 heterocycles. The minimum atomic E-state index is -0.249. The third-order valence-electron chi connectivity index (χ3n) is 4.83. The van der Waals surface area contributed by atoms with E-state index in [2.05, 4.69) is 15.0 Å². The standard InChI is InChI=1S/C21H25FN6/c22-18-5-3-16(4-6-18)20(17-7-10-25-11-8-17)9-13-28(21(23)24)12-1-2-19-14-26-15-27-19/h3-8,10-11,14-15,20H,1-2,9,12-13H2,(H3,23,24)(H,26,27). The van der Waals surface area contributed by atoms with E-state index in [0.29, 0.717) is 13.1 Å². The van der Waals surface area contributed by atoms with Gasteiger partial charge in [0.25, 0.3) is 0 Å². The summed E-state index contributed by atoms with van der Waals surface area (Å²) in [7, 11) is 0. The van der Waals surface area contributed by atoms with Crippen LogP contribution in [0.4, 0.5) is 4.39 Å². The molecule has 0 spiro atoms. The second kappa shape index (κ2) is 9.64. The Balaban J connectivity index is 1.66. The molecule has 3 aromatic rings. The van der Waals surface area contributed by atoms with Crippen LogP contribution in [-0.2, 0) is 6.42 Å². The van der Waals surface area contributed by atoms with Crippen LogP contribution in [0.2, 0.25) is 0 Å². The molecule has 1 aromatic carbocycles. The summed E-state index contributed by atoms with van der Waals surface area (Å²) in [5.74, 6) is -0.104. The molecule has 0 saturated heterocycles. The summed E-state index contributed by atoms with van der Waals surface area (Å²) in [6.45, 7) is 1.33. The van der Waals surface area contributed by atoms with E-state index in [0.717, 1.165) is 36.1 Å². The van der Waals surface area contributed by atoms with Crippen LogP contribution in [0.3, 0.4) is 0 Å². The van der Waals surface area contributed by atoms with Crippen molar-refractivity contribution in [2.75, 3.05) is 13.1 Å². The predicted molar refractivity (Wildman–Crippen MR) is 107 cm³/mol. The van der Waals surface area contributed by atoms with Gasteiger partial charge in [0.1, 0.15) is 5.82 Å². The van der Waals surface area contributed by atoms with E-state index in [9.17, 15) is 4.39 Å². The van der Waals surface area contributed by atoms with E-state index in [1.165, 1.54) is 12.1 Å². The van der Waals surface area contributed by atoms with Gasteiger partial charge in [-0.05, 0) is 54.7 Å². The summed E-state index contributed by atoms with van der Waals surface area (Å²) >= 11 is 0. The first-order chi connectivity index (χ1) is 13.6. The molecule has 146 valence electrons. The van der Waals surface area contributed by atoms with Crippen molar-refractivity contribution in [3.8, 4) is 0 Å². The summed E-state index contributed by atoms with van der Waals surface area (Å²) in [6.07, 6.45) is 9.53. The molecular weight excluding hydrogens is 355 g/mol. The van der Waals surface area contributed by atoms with E-state index in [4.69, 9.17) is 11.1 Å².